The van der Waals surface area contributed by atoms with Gasteiger partial charge in [0, 0.05) is 0 Å². The molecule has 0 saturated heterocycles. The lowest BCUT2D eigenvalue weighted by atomic mass is 10.1. The maximum absolute atomic E-state index is 3.79. The molecule has 0 heterocycles. The molecule has 0 aliphatic heterocycles. The normalized spacial score (nSPS) is 11.6. The van der Waals surface area contributed by atoms with E-state index in [9.17, 15) is 0 Å². The molecule has 0 nitrogen and oxygen atoms in total. The van der Waals surface area contributed by atoms with E-state index in [2.05, 4.69) is 43.5 Å². The summed E-state index contributed by atoms with van der Waals surface area (Å²) in [4.78, 5) is 0. The summed E-state index contributed by atoms with van der Waals surface area (Å²) in [5, 5.41) is 0. The van der Waals surface area contributed by atoms with Crippen LogP contribution in [0.3, 0.4) is 0 Å². The van der Waals surface area contributed by atoms with Crippen LogP contribution >= 0.6 is 0 Å². The SMILES string of the molecule is C=C/C=C\C(C=C)=C/CCc1ccccc1. The van der Waals surface area contributed by atoms with Crippen LogP contribution < -0.4 is 0 Å². The third kappa shape index (κ3) is 4.61. The van der Waals surface area contributed by atoms with Gasteiger partial charge in [-0.05, 0) is 24.0 Å². The minimum Gasteiger partial charge on any atom is -0.0991 e. The molecule has 0 bridgehead atoms. The molecule has 0 aromatic heterocycles. The predicted molar refractivity (Wildman–Crippen MR) is 72.4 cm³/mol. The first-order chi connectivity index (χ1) is 7.86. The smallest absolute Gasteiger partial charge is 0.0244 e. The summed E-state index contributed by atoms with van der Waals surface area (Å²) in [5.74, 6) is 0. The summed E-state index contributed by atoms with van der Waals surface area (Å²) in [6.45, 7) is 7.43. The van der Waals surface area contributed by atoms with E-state index in [1.165, 1.54) is 5.56 Å². The van der Waals surface area contributed by atoms with Gasteiger partial charge in [0.15, 0.2) is 0 Å². The molecule has 0 spiro atoms. The van der Waals surface area contributed by atoms with E-state index in [-0.39, 0.29) is 0 Å². The van der Waals surface area contributed by atoms with Crippen LogP contribution in [0.15, 0.2) is 79.4 Å². The zero-order valence-electron chi connectivity index (χ0n) is 9.60. The lowest BCUT2D eigenvalue weighted by molar-refractivity contribution is 0.997. The molecule has 82 valence electrons. The Balaban J connectivity index is 2.49. The summed E-state index contributed by atoms with van der Waals surface area (Å²) in [6, 6.07) is 10.5. The highest BCUT2D eigenvalue weighted by molar-refractivity contribution is 5.31. The first-order valence-corrected chi connectivity index (χ1v) is 5.52. The third-order valence-electron chi connectivity index (χ3n) is 2.32. The molecule has 0 amide bonds. The molecule has 0 N–H and O–H groups in total. The summed E-state index contributed by atoms with van der Waals surface area (Å²) in [7, 11) is 0. The van der Waals surface area contributed by atoms with Gasteiger partial charge in [-0.3, -0.25) is 0 Å². The van der Waals surface area contributed by atoms with Crippen LogP contribution in [-0.2, 0) is 6.42 Å². The van der Waals surface area contributed by atoms with Gasteiger partial charge < -0.3 is 0 Å². The van der Waals surface area contributed by atoms with E-state index in [1.807, 2.05) is 24.3 Å². The molecule has 0 aliphatic carbocycles. The Morgan fingerprint density at radius 2 is 1.88 bits per heavy atom. The summed E-state index contributed by atoms with van der Waals surface area (Å²) in [5.41, 5.74) is 2.52. The second-order valence-electron chi connectivity index (χ2n) is 3.53. The van der Waals surface area contributed by atoms with Gasteiger partial charge in [-0.25, -0.2) is 0 Å². The Hall–Kier alpha value is -1.82. The van der Waals surface area contributed by atoms with E-state index in [0.717, 1.165) is 18.4 Å². The minimum absolute atomic E-state index is 1.03. The van der Waals surface area contributed by atoms with Crippen molar-refractivity contribution in [2.24, 2.45) is 0 Å². The van der Waals surface area contributed by atoms with Crippen molar-refractivity contribution in [1.29, 1.82) is 0 Å². The van der Waals surface area contributed by atoms with Crippen molar-refractivity contribution in [3.8, 4) is 0 Å². The number of hydrogen-bond donors (Lipinski definition) is 0. The zero-order chi connectivity index (χ0) is 11.6. The predicted octanol–water partition coefficient (Wildman–Crippen LogP) is 4.47. The molecule has 1 aromatic carbocycles. The number of rotatable bonds is 6. The fourth-order valence-corrected chi connectivity index (χ4v) is 1.45. The van der Waals surface area contributed by atoms with Gasteiger partial charge >= 0.3 is 0 Å². The summed E-state index contributed by atoms with van der Waals surface area (Å²) < 4.78 is 0. The fraction of sp³-hybridized carbons (Fsp3) is 0.125. The minimum atomic E-state index is 1.03. The average molecular weight is 210 g/mol. The van der Waals surface area contributed by atoms with E-state index in [4.69, 9.17) is 0 Å². The van der Waals surface area contributed by atoms with Crippen LogP contribution in [0.25, 0.3) is 0 Å². The van der Waals surface area contributed by atoms with Crippen molar-refractivity contribution in [1.82, 2.24) is 0 Å². The molecule has 16 heavy (non-hydrogen) atoms. The van der Waals surface area contributed by atoms with Crippen molar-refractivity contribution < 1.29 is 0 Å². The Morgan fingerprint density at radius 1 is 1.12 bits per heavy atom. The quantitative estimate of drug-likeness (QED) is 0.607. The van der Waals surface area contributed by atoms with Gasteiger partial charge in [0.05, 0.1) is 0 Å². The number of aryl methyl sites for hydroxylation is 1. The van der Waals surface area contributed by atoms with Crippen molar-refractivity contribution in [2.45, 2.75) is 12.8 Å². The molecule has 1 rings (SSSR count). The van der Waals surface area contributed by atoms with E-state index < -0.39 is 0 Å². The highest BCUT2D eigenvalue weighted by Gasteiger charge is 1.89. The van der Waals surface area contributed by atoms with Crippen LogP contribution in [0.1, 0.15) is 12.0 Å². The molecule has 0 unspecified atom stereocenters. The summed E-state index contributed by atoms with van der Waals surface area (Å²) >= 11 is 0. The first kappa shape index (κ1) is 12.3. The second kappa shape index (κ2) is 7.47. The maximum atomic E-state index is 3.79. The molecule has 0 heteroatoms. The van der Waals surface area contributed by atoms with Gasteiger partial charge in [0.1, 0.15) is 0 Å². The Bertz CT molecular complexity index is 380. The number of benzene rings is 1. The molecule has 0 fully saturated rings. The maximum Gasteiger partial charge on any atom is -0.0244 e. The van der Waals surface area contributed by atoms with Crippen molar-refractivity contribution in [3.05, 3.63) is 85.0 Å². The first-order valence-electron chi connectivity index (χ1n) is 5.52. The van der Waals surface area contributed by atoms with Crippen LogP contribution in [0.4, 0.5) is 0 Å². The molecule has 0 aliphatic rings. The lowest BCUT2D eigenvalue weighted by Crippen LogP contribution is -1.82. The zero-order valence-corrected chi connectivity index (χ0v) is 9.60. The molecular weight excluding hydrogens is 192 g/mol. The number of allylic oxidation sites excluding steroid dienone is 6. The van der Waals surface area contributed by atoms with Crippen LogP contribution in [0.5, 0.6) is 0 Å². The van der Waals surface area contributed by atoms with Gasteiger partial charge in [-0.15, -0.1) is 0 Å². The summed E-state index contributed by atoms with van der Waals surface area (Å²) in [6.07, 6.45) is 11.9. The highest BCUT2D eigenvalue weighted by Crippen LogP contribution is 2.06. The van der Waals surface area contributed by atoms with Gasteiger partial charge in [0.2, 0.25) is 0 Å². The Kier molecular flexibility index (Phi) is 5.72. The topological polar surface area (TPSA) is 0 Å². The Labute approximate surface area is 98.3 Å². The fourth-order valence-electron chi connectivity index (χ4n) is 1.45. The lowest BCUT2D eigenvalue weighted by Gasteiger charge is -1.98. The average Bonchev–Trinajstić information content (AvgIpc) is 2.35. The van der Waals surface area contributed by atoms with Crippen LogP contribution in [0.2, 0.25) is 0 Å². The van der Waals surface area contributed by atoms with Crippen LogP contribution in [-0.4, -0.2) is 0 Å². The largest absolute Gasteiger partial charge is 0.0991 e. The van der Waals surface area contributed by atoms with Crippen LogP contribution in [0, 0.1) is 0 Å². The van der Waals surface area contributed by atoms with Gasteiger partial charge in [-0.1, -0.05) is 73.9 Å². The van der Waals surface area contributed by atoms with Gasteiger partial charge in [0.25, 0.3) is 0 Å². The van der Waals surface area contributed by atoms with Crippen molar-refractivity contribution in [3.63, 3.8) is 0 Å². The monoisotopic (exact) mass is 210 g/mol. The second-order valence-corrected chi connectivity index (χ2v) is 3.53. The van der Waals surface area contributed by atoms with E-state index in [0.29, 0.717) is 0 Å². The van der Waals surface area contributed by atoms with Crippen molar-refractivity contribution in [2.75, 3.05) is 0 Å². The Morgan fingerprint density at radius 3 is 2.50 bits per heavy atom. The van der Waals surface area contributed by atoms with E-state index in [1.54, 1.807) is 6.08 Å². The molecule has 1 aromatic rings. The molecule has 0 atom stereocenters. The molecule has 0 radical (unpaired) electrons. The molecule has 0 saturated carbocycles. The highest BCUT2D eigenvalue weighted by atomic mass is 14.0. The van der Waals surface area contributed by atoms with Crippen molar-refractivity contribution >= 4 is 0 Å². The van der Waals surface area contributed by atoms with Gasteiger partial charge in [-0.2, -0.15) is 0 Å². The third-order valence-corrected chi connectivity index (χ3v) is 2.32. The van der Waals surface area contributed by atoms with E-state index >= 15 is 0 Å². The number of hydrogen-bond acceptors (Lipinski definition) is 0. The molecular formula is C16H18. The standard InChI is InChI=1S/C16H18/c1-3-5-10-15(4-2)13-9-14-16-11-7-6-8-12-16/h3-8,10-13H,1-2,9,14H2/b10-5-,15-13-.